The maximum absolute atomic E-state index is 12.7. The first-order chi connectivity index (χ1) is 13.4. The van der Waals surface area contributed by atoms with E-state index < -0.39 is 29.7 Å². The molecule has 4 rings (SSSR count). The molecule has 28 heavy (non-hydrogen) atoms. The molecule has 0 radical (unpaired) electrons. The number of rotatable bonds is 2. The zero-order chi connectivity index (χ0) is 20.1. The molecule has 146 valence electrons. The molecule has 3 atom stereocenters. The molecule has 2 aliphatic rings. The number of benzene rings is 2. The maximum Gasteiger partial charge on any atom is 0.411 e. The Morgan fingerprint density at radius 3 is 2.36 bits per heavy atom. The summed E-state index contributed by atoms with van der Waals surface area (Å²) in [7, 11) is 2.67. The lowest BCUT2D eigenvalue weighted by Crippen LogP contribution is -2.50. The Labute approximate surface area is 164 Å². The van der Waals surface area contributed by atoms with Gasteiger partial charge in [0.15, 0.2) is 0 Å². The molecule has 2 aliphatic heterocycles. The number of hydrogen-bond acceptors (Lipinski definition) is 5. The number of aryl methyl sites for hydroxylation is 2. The van der Waals surface area contributed by atoms with Crippen LogP contribution in [0.25, 0.3) is 0 Å². The van der Waals surface area contributed by atoms with Crippen LogP contribution in [0.3, 0.4) is 0 Å². The molecular weight excluding hydrogens is 356 g/mol. The fourth-order valence-corrected chi connectivity index (χ4v) is 4.64. The minimum absolute atomic E-state index is 0.423. The van der Waals surface area contributed by atoms with E-state index in [1.807, 2.05) is 26.0 Å². The highest BCUT2D eigenvalue weighted by Crippen LogP contribution is 2.55. The van der Waals surface area contributed by atoms with E-state index in [1.54, 1.807) is 0 Å². The fraction of sp³-hybridized carbons (Fsp3) is 0.364. The number of anilines is 1. The lowest BCUT2D eigenvalue weighted by atomic mass is 9.72. The number of methoxy groups -OCH3 is 2. The lowest BCUT2D eigenvalue weighted by Gasteiger charge is -2.32. The maximum atomic E-state index is 12.7. The third-order valence-electron chi connectivity index (χ3n) is 5.97. The van der Waals surface area contributed by atoms with Gasteiger partial charge < -0.3 is 14.8 Å². The van der Waals surface area contributed by atoms with Crippen LogP contribution in [0, 0.1) is 13.8 Å². The van der Waals surface area contributed by atoms with Crippen molar-refractivity contribution in [1.82, 2.24) is 4.90 Å². The van der Waals surface area contributed by atoms with Gasteiger partial charge in [-0.1, -0.05) is 47.5 Å². The Kier molecular flexibility index (Phi) is 4.29. The molecule has 0 unspecified atom stereocenters. The third-order valence-corrected chi connectivity index (χ3v) is 5.97. The Balaban J connectivity index is 1.96. The topological polar surface area (TPSA) is 67.9 Å². The molecule has 2 heterocycles. The standard InChI is InChI=1S/C22H24N2O4/c1-13-5-8-15(9-6-13)22-12-18(19(25)27-3)24(21(26)28-4)20(22)23-17-10-7-14(2)11-16(17)22/h5-11,18,20,23H,12H2,1-4H3/t18-,20-,22+/m0/s1. The highest BCUT2D eigenvalue weighted by Gasteiger charge is 2.62. The number of ether oxygens (including phenoxy) is 2. The predicted molar refractivity (Wildman–Crippen MR) is 105 cm³/mol. The second-order valence-corrected chi connectivity index (χ2v) is 7.55. The molecular formula is C22H24N2O4. The lowest BCUT2D eigenvalue weighted by molar-refractivity contribution is -0.145. The average Bonchev–Trinajstić information content (AvgIpc) is 3.19. The van der Waals surface area contributed by atoms with Gasteiger partial charge >= 0.3 is 12.1 Å². The number of carbonyl (C=O) groups is 2. The fourth-order valence-electron chi connectivity index (χ4n) is 4.64. The van der Waals surface area contributed by atoms with E-state index in [0.717, 1.165) is 27.9 Å². The Bertz CT molecular complexity index is 940. The van der Waals surface area contributed by atoms with Crippen LogP contribution in [-0.2, 0) is 19.7 Å². The van der Waals surface area contributed by atoms with E-state index in [4.69, 9.17) is 9.47 Å². The molecule has 0 spiro atoms. The van der Waals surface area contributed by atoms with Crippen LogP contribution in [0.1, 0.15) is 28.7 Å². The summed E-state index contributed by atoms with van der Waals surface area (Å²) in [6, 6.07) is 13.7. The van der Waals surface area contributed by atoms with Gasteiger partial charge in [0.25, 0.3) is 0 Å². The van der Waals surface area contributed by atoms with Crippen molar-refractivity contribution < 1.29 is 19.1 Å². The van der Waals surface area contributed by atoms with E-state index in [1.165, 1.54) is 19.1 Å². The first kappa shape index (κ1) is 18.3. The summed E-state index contributed by atoms with van der Waals surface area (Å²) in [5.41, 5.74) is 4.82. The Morgan fingerprint density at radius 2 is 1.71 bits per heavy atom. The first-order valence-electron chi connectivity index (χ1n) is 9.31. The minimum Gasteiger partial charge on any atom is -0.467 e. The predicted octanol–water partition coefficient (Wildman–Crippen LogP) is 3.35. The monoisotopic (exact) mass is 380 g/mol. The summed E-state index contributed by atoms with van der Waals surface area (Å²) in [4.78, 5) is 26.8. The van der Waals surface area contributed by atoms with Gasteiger partial charge in [-0.3, -0.25) is 4.90 Å². The zero-order valence-electron chi connectivity index (χ0n) is 16.5. The third kappa shape index (κ3) is 2.47. The highest BCUT2D eigenvalue weighted by atomic mass is 16.5. The SMILES string of the molecule is COC(=O)[C@@H]1C[C@@]2(c3ccc(C)cc3)c3cc(C)ccc3N[C@H]2N1C(=O)OC. The summed E-state index contributed by atoms with van der Waals surface area (Å²) in [5, 5.41) is 3.47. The van der Waals surface area contributed by atoms with Crippen LogP contribution < -0.4 is 5.32 Å². The zero-order valence-corrected chi connectivity index (χ0v) is 16.5. The largest absolute Gasteiger partial charge is 0.467 e. The first-order valence-corrected chi connectivity index (χ1v) is 9.31. The molecule has 1 saturated heterocycles. The van der Waals surface area contributed by atoms with Crippen LogP contribution in [0.5, 0.6) is 0 Å². The van der Waals surface area contributed by atoms with Crippen LogP contribution >= 0.6 is 0 Å². The van der Waals surface area contributed by atoms with Crippen LogP contribution in [0.2, 0.25) is 0 Å². The summed E-state index contributed by atoms with van der Waals surface area (Å²) in [6.07, 6.45) is -0.568. The Morgan fingerprint density at radius 1 is 1.04 bits per heavy atom. The number of amides is 1. The van der Waals surface area contributed by atoms with E-state index in [9.17, 15) is 9.59 Å². The number of likely N-dealkylation sites (tertiary alicyclic amines) is 1. The van der Waals surface area contributed by atoms with Crippen LogP contribution in [-0.4, -0.2) is 43.4 Å². The van der Waals surface area contributed by atoms with Gasteiger partial charge in [0.05, 0.1) is 19.6 Å². The molecule has 2 aromatic carbocycles. The van der Waals surface area contributed by atoms with Gasteiger partial charge in [-0.2, -0.15) is 0 Å². The summed E-state index contributed by atoms with van der Waals surface area (Å²) < 4.78 is 10.0. The van der Waals surface area contributed by atoms with Crippen molar-refractivity contribution in [1.29, 1.82) is 0 Å². The van der Waals surface area contributed by atoms with E-state index in [-0.39, 0.29) is 0 Å². The minimum atomic E-state index is -0.732. The number of hydrogen-bond donors (Lipinski definition) is 1. The van der Waals surface area contributed by atoms with Crippen molar-refractivity contribution in [3.8, 4) is 0 Å². The van der Waals surface area contributed by atoms with E-state index in [0.29, 0.717) is 6.42 Å². The summed E-state index contributed by atoms with van der Waals surface area (Å²) in [6.45, 7) is 4.08. The number of esters is 1. The second-order valence-electron chi connectivity index (χ2n) is 7.55. The molecule has 6 heteroatoms. The van der Waals surface area contributed by atoms with Gasteiger partial charge in [-0.25, -0.2) is 9.59 Å². The molecule has 1 fully saturated rings. The number of nitrogens with one attached hydrogen (secondary N) is 1. The summed E-state index contributed by atoms with van der Waals surface area (Å²) in [5.74, 6) is -0.442. The quantitative estimate of drug-likeness (QED) is 0.810. The van der Waals surface area contributed by atoms with Crippen molar-refractivity contribution in [2.24, 2.45) is 0 Å². The number of fused-ring (bicyclic) bond motifs is 3. The Hall–Kier alpha value is -3.02. The molecule has 6 nitrogen and oxygen atoms in total. The van der Waals surface area contributed by atoms with Crippen molar-refractivity contribution in [2.45, 2.75) is 37.9 Å². The summed E-state index contributed by atoms with van der Waals surface area (Å²) >= 11 is 0. The number of nitrogens with zero attached hydrogens (tertiary/aromatic N) is 1. The van der Waals surface area contributed by atoms with Gasteiger partial charge in [-0.05, 0) is 37.5 Å². The second kappa shape index (κ2) is 6.55. The normalized spacial score (nSPS) is 24.9. The molecule has 2 aromatic rings. The van der Waals surface area contributed by atoms with Gasteiger partial charge in [-0.15, -0.1) is 0 Å². The molecule has 0 saturated carbocycles. The molecule has 1 N–H and O–H groups in total. The average molecular weight is 380 g/mol. The number of carbonyl (C=O) groups excluding carboxylic acids is 2. The van der Waals surface area contributed by atoms with Crippen molar-refractivity contribution >= 4 is 17.7 Å². The molecule has 0 aromatic heterocycles. The molecule has 1 amide bonds. The van der Waals surface area contributed by atoms with E-state index in [2.05, 4.69) is 35.6 Å². The van der Waals surface area contributed by atoms with Crippen molar-refractivity contribution in [3.05, 3.63) is 64.7 Å². The van der Waals surface area contributed by atoms with E-state index >= 15 is 0 Å². The van der Waals surface area contributed by atoms with Crippen molar-refractivity contribution in [2.75, 3.05) is 19.5 Å². The van der Waals surface area contributed by atoms with Crippen molar-refractivity contribution in [3.63, 3.8) is 0 Å². The van der Waals surface area contributed by atoms with Gasteiger partial charge in [0.2, 0.25) is 0 Å². The smallest absolute Gasteiger partial charge is 0.411 e. The van der Waals surface area contributed by atoms with Crippen LogP contribution in [0.15, 0.2) is 42.5 Å². The van der Waals surface area contributed by atoms with Gasteiger partial charge in [0.1, 0.15) is 12.2 Å². The molecule has 0 aliphatic carbocycles. The van der Waals surface area contributed by atoms with Crippen LogP contribution in [0.4, 0.5) is 10.5 Å². The van der Waals surface area contributed by atoms with Gasteiger partial charge in [0, 0.05) is 5.69 Å². The highest BCUT2D eigenvalue weighted by molar-refractivity contribution is 5.85. The molecule has 0 bridgehead atoms.